The highest BCUT2D eigenvalue weighted by Crippen LogP contribution is 2.49. The molecule has 6 rings (SSSR count). The first-order chi connectivity index (χ1) is 18.2. The normalized spacial score (nSPS) is 16.8. The smallest absolute Gasteiger partial charge is 0.304 e. The van der Waals surface area contributed by atoms with Gasteiger partial charge in [-0.15, -0.1) is 0 Å². The molecule has 0 bridgehead atoms. The van der Waals surface area contributed by atoms with E-state index in [0.29, 0.717) is 57.4 Å². The molecular weight excluding hydrogens is 527 g/mol. The lowest BCUT2D eigenvalue weighted by molar-refractivity contribution is -0.138. The largest absolute Gasteiger partial charge is 0.491 e. The van der Waals surface area contributed by atoms with Crippen molar-refractivity contribution in [3.63, 3.8) is 0 Å². The predicted molar refractivity (Wildman–Crippen MR) is 144 cm³/mol. The fraction of sp³-hybridized carbons (Fsp3) is 0.357. The Morgan fingerprint density at radius 2 is 1.89 bits per heavy atom. The fourth-order valence-electron chi connectivity index (χ4n) is 4.57. The van der Waals surface area contributed by atoms with E-state index >= 15 is 0 Å². The van der Waals surface area contributed by atoms with E-state index in [1.807, 2.05) is 41.0 Å². The van der Waals surface area contributed by atoms with Gasteiger partial charge in [0.05, 0.1) is 24.6 Å². The van der Waals surface area contributed by atoms with E-state index < -0.39 is 5.97 Å². The summed E-state index contributed by atoms with van der Waals surface area (Å²) in [4.78, 5) is 25.2. The minimum atomic E-state index is -0.820. The van der Waals surface area contributed by atoms with E-state index in [-0.39, 0.29) is 17.4 Å². The number of rotatable bonds is 10. The summed E-state index contributed by atoms with van der Waals surface area (Å²) in [6.07, 6.45) is 5.15. The van der Waals surface area contributed by atoms with Crippen LogP contribution in [0.2, 0.25) is 10.0 Å². The van der Waals surface area contributed by atoms with Crippen molar-refractivity contribution in [2.24, 2.45) is 5.41 Å². The van der Waals surface area contributed by atoms with Crippen LogP contribution in [0.25, 0.3) is 22.6 Å². The van der Waals surface area contributed by atoms with Crippen LogP contribution in [0.5, 0.6) is 11.6 Å². The first kappa shape index (κ1) is 24.9. The summed E-state index contributed by atoms with van der Waals surface area (Å²) in [5, 5.41) is 10.3. The molecule has 2 aromatic carbocycles. The van der Waals surface area contributed by atoms with E-state index in [1.54, 1.807) is 6.07 Å². The van der Waals surface area contributed by atoms with Crippen molar-refractivity contribution in [1.29, 1.82) is 0 Å². The van der Waals surface area contributed by atoms with Crippen LogP contribution in [0.3, 0.4) is 0 Å². The van der Waals surface area contributed by atoms with Gasteiger partial charge in [-0.2, -0.15) is 4.98 Å². The molecule has 0 saturated heterocycles. The quantitative estimate of drug-likeness (QED) is 0.242. The lowest BCUT2D eigenvalue weighted by Crippen LogP contribution is -2.17. The predicted octanol–water partition coefficient (Wildman–Crippen LogP) is 6.41. The highest BCUT2D eigenvalue weighted by atomic mass is 35.5. The first-order valence-corrected chi connectivity index (χ1v) is 13.3. The molecule has 2 saturated carbocycles. The van der Waals surface area contributed by atoms with E-state index in [9.17, 15) is 9.90 Å². The summed E-state index contributed by atoms with van der Waals surface area (Å²) in [6, 6.07) is 13.1. The Morgan fingerprint density at radius 1 is 1.11 bits per heavy atom. The zero-order valence-electron chi connectivity index (χ0n) is 20.8. The summed E-state index contributed by atoms with van der Waals surface area (Å²) in [5.74, 6) is 0.692. The zero-order valence-corrected chi connectivity index (χ0v) is 22.3. The monoisotopic (exact) mass is 552 g/mol. The Labute approximate surface area is 229 Å². The molecule has 0 spiro atoms. The maximum atomic E-state index is 11.3. The summed E-state index contributed by atoms with van der Waals surface area (Å²) < 4.78 is 14.3. The van der Waals surface area contributed by atoms with Crippen LogP contribution < -0.4 is 9.47 Å². The molecule has 2 aliphatic carbocycles. The molecule has 0 radical (unpaired) electrons. The maximum absolute atomic E-state index is 11.3. The van der Waals surface area contributed by atoms with Crippen LogP contribution in [-0.2, 0) is 11.3 Å². The first-order valence-electron chi connectivity index (χ1n) is 12.5. The summed E-state index contributed by atoms with van der Waals surface area (Å²) in [7, 11) is 0. The van der Waals surface area contributed by atoms with Gasteiger partial charge in [0, 0.05) is 16.0 Å². The van der Waals surface area contributed by atoms with E-state index in [0.717, 1.165) is 31.2 Å². The number of hydrogen-bond donors (Lipinski definition) is 1. The second kappa shape index (κ2) is 9.43. The van der Waals surface area contributed by atoms with Gasteiger partial charge in [-0.3, -0.25) is 4.79 Å². The molecule has 4 aromatic rings. The van der Waals surface area contributed by atoms with E-state index in [4.69, 9.17) is 37.7 Å². The van der Waals surface area contributed by atoms with Gasteiger partial charge in [0.15, 0.2) is 11.2 Å². The van der Waals surface area contributed by atoms with Crippen molar-refractivity contribution < 1.29 is 19.4 Å². The lowest BCUT2D eigenvalue weighted by atomic mass is 10.0. The Kier molecular flexibility index (Phi) is 6.19. The molecule has 10 heteroatoms. The van der Waals surface area contributed by atoms with Gasteiger partial charge in [-0.05, 0) is 62.4 Å². The van der Waals surface area contributed by atoms with Crippen molar-refractivity contribution in [2.75, 3.05) is 6.61 Å². The molecule has 0 unspecified atom stereocenters. The molecule has 196 valence electrons. The molecule has 38 heavy (non-hydrogen) atoms. The van der Waals surface area contributed by atoms with Crippen molar-refractivity contribution in [3.05, 3.63) is 64.4 Å². The highest BCUT2D eigenvalue weighted by molar-refractivity contribution is 6.34. The fourth-order valence-corrected chi connectivity index (χ4v) is 5.05. The summed E-state index contributed by atoms with van der Waals surface area (Å²) in [5.41, 5.74) is 2.25. The second-order valence-corrected chi connectivity index (χ2v) is 11.3. The molecule has 2 aliphatic rings. The number of carboxylic acid groups (broad SMARTS) is 1. The SMILES string of the molecule is CC1(Oc2ncnc3c2nc(-c2cccc(OCC4(CC(=O)O)CC4)c2Cl)n3Cc2cccc(Cl)c2)CC1. The van der Waals surface area contributed by atoms with Gasteiger partial charge < -0.3 is 19.1 Å². The standard InChI is InChI=1S/C28H26Cl2N4O4/c1-27(8-9-27)38-26-23-25(31-16-32-26)34(14-17-4-2-5-18(29)12-17)24(33-23)19-6-3-7-20(22(19)30)37-15-28(10-11-28)13-21(35)36/h2-7,12,16H,8-11,13-15H2,1H3,(H,35,36). The Balaban J connectivity index is 1.41. The number of benzene rings is 2. The van der Waals surface area contributed by atoms with Gasteiger partial charge >= 0.3 is 5.97 Å². The molecular formula is C28H26Cl2N4O4. The summed E-state index contributed by atoms with van der Waals surface area (Å²) in [6.45, 7) is 2.80. The van der Waals surface area contributed by atoms with Gasteiger partial charge in [-0.25, -0.2) is 9.97 Å². The van der Waals surface area contributed by atoms with Crippen LogP contribution in [0.15, 0.2) is 48.8 Å². The number of aliphatic carboxylic acids is 1. The van der Waals surface area contributed by atoms with Crippen molar-refractivity contribution in [2.45, 2.75) is 51.2 Å². The minimum Gasteiger partial charge on any atom is -0.491 e. The van der Waals surface area contributed by atoms with Gasteiger partial charge in [0.1, 0.15) is 23.5 Å². The van der Waals surface area contributed by atoms with Crippen LogP contribution >= 0.6 is 23.2 Å². The minimum absolute atomic E-state index is 0.0834. The van der Waals surface area contributed by atoms with Gasteiger partial charge in [-0.1, -0.05) is 41.4 Å². The third-order valence-electron chi connectivity index (χ3n) is 7.25. The summed E-state index contributed by atoms with van der Waals surface area (Å²) >= 11 is 13.2. The van der Waals surface area contributed by atoms with Gasteiger partial charge in [0.25, 0.3) is 0 Å². The maximum Gasteiger partial charge on any atom is 0.304 e. The molecule has 1 N–H and O–H groups in total. The second-order valence-electron chi connectivity index (χ2n) is 10.5. The average Bonchev–Trinajstić information content (AvgIpc) is 3.77. The Hall–Kier alpha value is -3.36. The number of aromatic nitrogens is 4. The lowest BCUT2D eigenvalue weighted by Gasteiger charge is -2.16. The average molecular weight is 553 g/mol. The third kappa shape index (κ3) is 5.02. The number of carboxylic acids is 1. The number of imidazole rings is 1. The zero-order chi connectivity index (χ0) is 26.5. The number of ether oxygens (including phenoxy) is 2. The van der Waals surface area contributed by atoms with Crippen molar-refractivity contribution in [1.82, 2.24) is 19.5 Å². The molecule has 2 fully saturated rings. The number of nitrogens with zero attached hydrogens (tertiary/aromatic N) is 4. The van der Waals surface area contributed by atoms with E-state index in [2.05, 4.69) is 16.9 Å². The third-order valence-corrected chi connectivity index (χ3v) is 7.87. The van der Waals surface area contributed by atoms with Crippen LogP contribution in [0.4, 0.5) is 0 Å². The highest BCUT2D eigenvalue weighted by Gasteiger charge is 2.45. The topological polar surface area (TPSA) is 99.4 Å². The molecule has 8 nitrogen and oxygen atoms in total. The van der Waals surface area contributed by atoms with Gasteiger partial charge in [0.2, 0.25) is 5.88 Å². The molecule has 2 heterocycles. The van der Waals surface area contributed by atoms with Crippen LogP contribution in [0, 0.1) is 5.41 Å². The number of halogens is 2. The molecule has 2 aromatic heterocycles. The Morgan fingerprint density at radius 3 is 2.61 bits per heavy atom. The van der Waals surface area contributed by atoms with E-state index in [1.165, 1.54) is 6.33 Å². The van der Waals surface area contributed by atoms with Crippen molar-refractivity contribution in [3.8, 4) is 23.0 Å². The number of fused-ring (bicyclic) bond motifs is 1. The van der Waals surface area contributed by atoms with Crippen LogP contribution in [0.1, 0.15) is 44.6 Å². The van der Waals surface area contributed by atoms with Crippen molar-refractivity contribution >= 4 is 40.3 Å². The van der Waals surface area contributed by atoms with Crippen LogP contribution in [-0.4, -0.2) is 42.8 Å². The molecule has 0 atom stereocenters. The number of carbonyl (C=O) groups is 1. The molecule has 0 amide bonds. The molecule has 0 aliphatic heterocycles. The Bertz CT molecular complexity index is 1550. The number of hydrogen-bond acceptors (Lipinski definition) is 6.